The molecule has 6 nitrogen and oxygen atoms in total. The molecular formula is C19H25N3O3. The van der Waals surface area contributed by atoms with Gasteiger partial charge in [-0.05, 0) is 47.6 Å². The van der Waals surface area contributed by atoms with E-state index in [1.54, 1.807) is 7.11 Å². The molecule has 0 aliphatic rings. The zero-order chi connectivity index (χ0) is 18.6. The van der Waals surface area contributed by atoms with E-state index in [4.69, 9.17) is 4.74 Å². The second-order valence-electron chi connectivity index (χ2n) is 7.04. The first-order valence-electron chi connectivity index (χ1n) is 8.24. The Balaban J connectivity index is 2.09. The van der Waals surface area contributed by atoms with Crippen LogP contribution in [-0.4, -0.2) is 29.8 Å². The van der Waals surface area contributed by atoms with Crippen molar-refractivity contribution in [1.82, 2.24) is 15.5 Å². The van der Waals surface area contributed by atoms with Crippen molar-refractivity contribution < 1.29 is 9.53 Å². The minimum Gasteiger partial charge on any atom is -0.496 e. The predicted octanol–water partition coefficient (Wildman–Crippen LogP) is 2.36. The number of benzene rings is 1. The molecule has 0 aliphatic carbocycles. The van der Waals surface area contributed by atoms with Crippen LogP contribution in [0.25, 0.3) is 0 Å². The topological polar surface area (TPSA) is 84.1 Å². The number of hydrogen-bond donors (Lipinski definition) is 2. The van der Waals surface area contributed by atoms with Gasteiger partial charge in [-0.15, -0.1) is 0 Å². The third kappa shape index (κ3) is 4.68. The van der Waals surface area contributed by atoms with Crippen molar-refractivity contribution in [3.8, 4) is 5.75 Å². The van der Waals surface area contributed by atoms with Crippen molar-refractivity contribution in [3.05, 3.63) is 57.0 Å². The summed E-state index contributed by atoms with van der Waals surface area (Å²) in [5, 5.41) is 8.81. The summed E-state index contributed by atoms with van der Waals surface area (Å²) in [4.78, 5) is 23.0. The molecule has 0 spiro atoms. The lowest BCUT2D eigenvalue weighted by atomic mass is 9.84. The van der Waals surface area contributed by atoms with Gasteiger partial charge in [-0.3, -0.25) is 9.59 Å². The van der Waals surface area contributed by atoms with Crippen LogP contribution in [0.3, 0.4) is 0 Å². The fraction of sp³-hybridized carbons (Fsp3) is 0.421. The molecule has 134 valence electrons. The van der Waals surface area contributed by atoms with Crippen LogP contribution in [0.1, 0.15) is 48.0 Å². The van der Waals surface area contributed by atoms with Crippen LogP contribution < -0.4 is 15.6 Å². The summed E-state index contributed by atoms with van der Waals surface area (Å²) in [7, 11) is 1.68. The van der Waals surface area contributed by atoms with Crippen molar-refractivity contribution in [2.75, 3.05) is 13.7 Å². The average molecular weight is 343 g/mol. The Morgan fingerprint density at radius 3 is 2.56 bits per heavy atom. The molecule has 0 fully saturated rings. The summed E-state index contributed by atoms with van der Waals surface area (Å²) in [6, 6.07) is 6.88. The van der Waals surface area contributed by atoms with E-state index in [0.717, 1.165) is 16.9 Å². The Bertz CT molecular complexity index is 799. The van der Waals surface area contributed by atoms with Crippen LogP contribution in [0, 0.1) is 6.92 Å². The van der Waals surface area contributed by atoms with Gasteiger partial charge in [0.2, 0.25) is 0 Å². The Morgan fingerprint density at radius 2 is 2.00 bits per heavy atom. The number of rotatable bonds is 5. The second-order valence-corrected chi connectivity index (χ2v) is 7.04. The fourth-order valence-corrected chi connectivity index (χ4v) is 2.62. The lowest BCUT2D eigenvalue weighted by Gasteiger charge is -2.24. The highest BCUT2D eigenvalue weighted by Gasteiger charge is 2.20. The van der Waals surface area contributed by atoms with E-state index in [1.807, 2.05) is 13.0 Å². The SMILES string of the molecule is COc1cc(C)c(CCNC(=O)c2ccc(=O)[nH]n2)cc1C(C)(C)C. The molecule has 0 saturated heterocycles. The average Bonchev–Trinajstić information content (AvgIpc) is 2.55. The van der Waals surface area contributed by atoms with E-state index < -0.39 is 0 Å². The van der Waals surface area contributed by atoms with Gasteiger partial charge >= 0.3 is 0 Å². The molecule has 1 heterocycles. The van der Waals surface area contributed by atoms with Crippen LogP contribution >= 0.6 is 0 Å². The molecule has 25 heavy (non-hydrogen) atoms. The first-order valence-corrected chi connectivity index (χ1v) is 8.24. The number of carbonyl (C=O) groups excluding carboxylic acids is 1. The largest absolute Gasteiger partial charge is 0.496 e. The van der Waals surface area contributed by atoms with Crippen molar-refractivity contribution in [2.24, 2.45) is 0 Å². The Labute approximate surface area is 147 Å². The molecule has 1 aromatic carbocycles. The van der Waals surface area contributed by atoms with E-state index >= 15 is 0 Å². The molecule has 0 unspecified atom stereocenters. The highest BCUT2D eigenvalue weighted by atomic mass is 16.5. The van der Waals surface area contributed by atoms with E-state index in [2.05, 4.69) is 42.4 Å². The Kier molecular flexibility index (Phi) is 5.62. The van der Waals surface area contributed by atoms with Crippen molar-refractivity contribution in [3.63, 3.8) is 0 Å². The number of hydrogen-bond acceptors (Lipinski definition) is 4. The molecule has 0 saturated carbocycles. The summed E-state index contributed by atoms with van der Waals surface area (Å²) in [5.41, 5.74) is 3.27. The molecule has 0 aliphatic heterocycles. The summed E-state index contributed by atoms with van der Waals surface area (Å²) in [6.45, 7) is 8.96. The van der Waals surface area contributed by atoms with E-state index in [1.165, 1.54) is 17.7 Å². The number of carbonyl (C=O) groups is 1. The molecule has 0 radical (unpaired) electrons. The smallest absolute Gasteiger partial charge is 0.271 e. The summed E-state index contributed by atoms with van der Waals surface area (Å²) < 4.78 is 5.51. The van der Waals surface area contributed by atoms with Crippen LogP contribution in [0.2, 0.25) is 0 Å². The van der Waals surface area contributed by atoms with E-state index in [-0.39, 0.29) is 22.6 Å². The maximum absolute atomic E-state index is 12.0. The van der Waals surface area contributed by atoms with Gasteiger partial charge in [0.25, 0.3) is 11.5 Å². The molecular weight excluding hydrogens is 318 g/mol. The zero-order valence-electron chi connectivity index (χ0n) is 15.4. The molecule has 1 aromatic heterocycles. The molecule has 2 rings (SSSR count). The van der Waals surface area contributed by atoms with Gasteiger partial charge in [0.1, 0.15) is 11.4 Å². The van der Waals surface area contributed by atoms with E-state index in [9.17, 15) is 9.59 Å². The number of aryl methyl sites for hydroxylation is 1. The summed E-state index contributed by atoms with van der Waals surface area (Å²) in [5.74, 6) is 0.577. The molecule has 6 heteroatoms. The fourth-order valence-electron chi connectivity index (χ4n) is 2.62. The summed E-state index contributed by atoms with van der Waals surface area (Å²) in [6.07, 6.45) is 0.702. The summed E-state index contributed by atoms with van der Waals surface area (Å²) >= 11 is 0. The van der Waals surface area contributed by atoms with Crippen molar-refractivity contribution in [1.29, 1.82) is 0 Å². The van der Waals surface area contributed by atoms with Crippen molar-refractivity contribution in [2.45, 2.75) is 39.5 Å². The van der Waals surface area contributed by atoms with Crippen LogP contribution in [0.15, 0.2) is 29.1 Å². The second kappa shape index (κ2) is 7.51. The third-order valence-corrected chi connectivity index (χ3v) is 4.06. The van der Waals surface area contributed by atoms with Gasteiger partial charge in [-0.25, -0.2) is 5.10 Å². The van der Waals surface area contributed by atoms with Gasteiger partial charge in [-0.2, -0.15) is 5.10 Å². The number of amides is 1. The third-order valence-electron chi connectivity index (χ3n) is 4.06. The first kappa shape index (κ1) is 18.7. The molecule has 2 N–H and O–H groups in total. The number of nitrogens with one attached hydrogen (secondary N) is 2. The predicted molar refractivity (Wildman–Crippen MR) is 97.3 cm³/mol. The quantitative estimate of drug-likeness (QED) is 0.873. The van der Waals surface area contributed by atoms with Crippen LogP contribution in [-0.2, 0) is 11.8 Å². The lowest BCUT2D eigenvalue weighted by molar-refractivity contribution is 0.0948. The normalized spacial score (nSPS) is 11.2. The molecule has 1 amide bonds. The molecule has 0 bridgehead atoms. The van der Waals surface area contributed by atoms with Crippen LogP contribution in [0.4, 0.5) is 0 Å². The van der Waals surface area contributed by atoms with Gasteiger partial charge in [0, 0.05) is 12.6 Å². The van der Waals surface area contributed by atoms with Crippen molar-refractivity contribution >= 4 is 5.91 Å². The molecule has 2 aromatic rings. The van der Waals surface area contributed by atoms with Gasteiger partial charge in [-0.1, -0.05) is 26.8 Å². The number of methoxy groups -OCH3 is 1. The van der Waals surface area contributed by atoms with Gasteiger partial charge in [0.05, 0.1) is 7.11 Å². The minimum absolute atomic E-state index is 0.0309. The number of aromatic amines is 1. The maximum Gasteiger partial charge on any atom is 0.271 e. The molecule has 0 atom stereocenters. The maximum atomic E-state index is 12.0. The van der Waals surface area contributed by atoms with E-state index in [0.29, 0.717) is 13.0 Å². The highest BCUT2D eigenvalue weighted by Crippen LogP contribution is 2.33. The van der Waals surface area contributed by atoms with Crippen LogP contribution in [0.5, 0.6) is 5.75 Å². The van der Waals surface area contributed by atoms with Gasteiger partial charge < -0.3 is 10.1 Å². The number of nitrogens with zero attached hydrogens (tertiary/aromatic N) is 1. The number of aromatic nitrogens is 2. The first-order chi connectivity index (χ1) is 11.7. The highest BCUT2D eigenvalue weighted by molar-refractivity contribution is 5.91. The lowest BCUT2D eigenvalue weighted by Crippen LogP contribution is -2.28. The number of H-pyrrole nitrogens is 1. The van der Waals surface area contributed by atoms with Gasteiger partial charge in [0.15, 0.2) is 0 Å². The minimum atomic E-state index is -0.333. The Morgan fingerprint density at radius 1 is 1.28 bits per heavy atom. The standard InChI is InChI=1S/C19H25N3O3/c1-12-10-16(25-5)14(19(2,3)4)11-13(12)8-9-20-18(24)15-6-7-17(23)22-21-15/h6-7,10-11H,8-9H2,1-5H3,(H,20,24)(H,22,23). The number of ether oxygens (including phenoxy) is 1. The Hall–Kier alpha value is -2.63. The zero-order valence-corrected chi connectivity index (χ0v) is 15.4. The monoisotopic (exact) mass is 343 g/mol.